The summed E-state index contributed by atoms with van der Waals surface area (Å²) in [7, 11) is 0. The van der Waals surface area contributed by atoms with Crippen molar-refractivity contribution in [3.63, 3.8) is 0 Å². The van der Waals surface area contributed by atoms with Gasteiger partial charge >= 0.3 is 0 Å². The topological polar surface area (TPSA) is 41.1 Å². The average Bonchev–Trinajstić information content (AvgIpc) is 2.38. The monoisotopic (exact) mass is 220 g/mol. The Bertz CT molecular complexity index is 295. The van der Waals surface area contributed by atoms with E-state index in [0.717, 1.165) is 31.9 Å². The highest BCUT2D eigenvalue weighted by Gasteiger charge is 2.21. The Morgan fingerprint density at radius 2 is 2.50 bits per heavy atom. The maximum absolute atomic E-state index is 4.22. The molecule has 2 heterocycles. The van der Waals surface area contributed by atoms with Crippen LogP contribution < -0.4 is 10.2 Å². The predicted molar refractivity (Wildman–Crippen MR) is 65.6 cm³/mol. The maximum atomic E-state index is 4.22. The van der Waals surface area contributed by atoms with Gasteiger partial charge in [-0.2, -0.15) is 5.10 Å². The van der Waals surface area contributed by atoms with E-state index in [1.165, 1.54) is 12.8 Å². The van der Waals surface area contributed by atoms with Gasteiger partial charge in [-0.3, -0.25) is 0 Å². The first-order valence-corrected chi connectivity index (χ1v) is 6.17. The lowest BCUT2D eigenvalue weighted by Gasteiger charge is -2.35. The van der Waals surface area contributed by atoms with Crippen LogP contribution in [-0.2, 0) is 0 Å². The SMILES string of the molecule is CCCN(c1cccnn1)C1CCCNC1. The second-order valence-electron chi connectivity index (χ2n) is 4.28. The Morgan fingerprint density at radius 3 is 3.12 bits per heavy atom. The summed E-state index contributed by atoms with van der Waals surface area (Å²) < 4.78 is 0. The molecule has 0 aromatic carbocycles. The van der Waals surface area contributed by atoms with Crippen molar-refractivity contribution in [2.24, 2.45) is 0 Å². The first-order valence-electron chi connectivity index (χ1n) is 6.17. The summed E-state index contributed by atoms with van der Waals surface area (Å²) >= 11 is 0. The normalized spacial score (nSPS) is 20.7. The highest BCUT2D eigenvalue weighted by Crippen LogP contribution is 2.17. The molecule has 88 valence electrons. The highest BCUT2D eigenvalue weighted by atomic mass is 15.3. The Kier molecular flexibility index (Phi) is 4.10. The van der Waals surface area contributed by atoms with E-state index in [2.05, 4.69) is 33.4 Å². The van der Waals surface area contributed by atoms with E-state index in [0.29, 0.717) is 6.04 Å². The fourth-order valence-electron chi connectivity index (χ4n) is 2.27. The third kappa shape index (κ3) is 2.70. The van der Waals surface area contributed by atoms with E-state index in [1.807, 2.05) is 6.07 Å². The van der Waals surface area contributed by atoms with Crippen molar-refractivity contribution in [1.82, 2.24) is 15.5 Å². The number of hydrogen-bond acceptors (Lipinski definition) is 4. The maximum Gasteiger partial charge on any atom is 0.151 e. The summed E-state index contributed by atoms with van der Waals surface area (Å²) in [5.74, 6) is 1.01. The van der Waals surface area contributed by atoms with Gasteiger partial charge < -0.3 is 10.2 Å². The molecule has 0 spiro atoms. The molecule has 1 unspecified atom stereocenters. The molecule has 0 bridgehead atoms. The van der Waals surface area contributed by atoms with Gasteiger partial charge in [-0.1, -0.05) is 6.92 Å². The van der Waals surface area contributed by atoms with Crippen molar-refractivity contribution in [2.45, 2.75) is 32.2 Å². The predicted octanol–water partition coefficient (Wildman–Crippen LogP) is 1.45. The molecular formula is C12H20N4. The Morgan fingerprint density at radius 1 is 1.56 bits per heavy atom. The summed E-state index contributed by atoms with van der Waals surface area (Å²) in [5, 5.41) is 11.6. The molecule has 0 aliphatic carbocycles. The van der Waals surface area contributed by atoms with E-state index in [9.17, 15) is 0 Å². The Hall–Kier alpha value is -1.16. The summed E-state index contributed by atoms with van der Waals surface area (Å²) in [4.78, 5) is 2.39. The van der Waals surface area contributed by atoms with Crippen molar-refractivity contribution in [3.8, 4) is 0 Å². The van der Waals surface area contributed by atoms with Gasteiger partial charge in [-0.05, 0) is 37.9 Å². The van der Waals surface area contributed by atoms with Crippen molar-refractivity contribution in [2.75, 3.05) is 24.5 Å². The van der Waals surface area contributed by atoms with Gasteiger partial charge in [-0.15, -0.1) is 5.10 Å². The van der Waals surface area contributed by atoms with Crippen molar-refractivity contribution in [1.29, 1.82) is 0 Å². The number of piperidine rings is 1. The lowest BCUT2D eigenvalue weighted by Crippen LogP contribution is -2.46. The van der Waals surface area contributed by atoms with Gasteiger partial charge in [0.15, 0.2) is 5.82 Å². The summed E-state index contributed by atoms with van der Waals surface area (Å²) in [5.41, 5.74) is 0. The lowest BCUT2D eigenvalue weighted by molar-refractivity contribution is 0.428. The molecule has 1 aliphatic rings. The minimum absolute atomic E-state index is 0.574. The van der Waals surface area contributed by atoms with E-state index < -0.39 is 0 Å². The minimum Gasteiger partial charge on any atom is -0.351 e. The van der Waals surface area contributed by atoms with Crippen molar-refractivity contribution >= 4 is 5.82 Å². The number of nitrogens with one attached hydrogen (secondary N) is 1. The molecule has 16 heavy (non-hydrogen) atoms. The Labute approximate surface area is 97.1 Å². The summed E-state index contributed by atoms with van der Waals surface area (Å²) in [6.45, 7) is 5.48. The molecular weight excluding hydrogens is 200 g/mol. The second kappa shape index (κ2) is 5.80. The van der Waals surface area contributed by atoms with Crippen LogP contribution in [0.4, 0.5) is 5.82 Å². The molecule has 1 saturated heterocycles. The molecule has 1 fully saturated rings. The zero-order valence-electron chi connectivity index (χ0n) is 9.89. The molecule has 0 saturated carbocycles. The van der Waals surface area contributed by atoms with Crippen LogP contribution in [0.3, 0.4) is 0 Å². The van der Waals surface area contributed by atoms with E-state index in [4.69, 9.17) is 0 Å². The number of nitrogens with zero attached hydrogens (tertiary/aromatic N) is 3. The fraction of sp³-hybridized carbons (Fsp3) is 0.667. The van der Waals surface area contributed by atoms with Crippen LogP contribution in [0.5, 0.6) is 0 Å². The van der Waals surface area contributed by atoms with E-state index in [-0.39, 0.29) is 0 Å². The minimum atomic E-state index is 0.574. The molecule has 4 heteroatoms. The molecule has 1 aliphatic heterocycles. The van der Waals surface area contributed by atoms with Crippen LogP contribution in [0.1, 0.15) is 26.2 Å². The van der Waals surface area contributed by atoms with Gasteiger partial charge in [0.25, 0.3) is 0 Å². The molecule has 1 aromatic rings. The fourth-order valence-corrected chi connectivity index (χ4v) is 2.27. The molecule has 0 radical (unpaired) electrons. The van der Waals surface area contributed by atoms with Crippen LogP contribution >= 0.6 is 0 Å². The first kappa shape index (κ1) is 11.3. The summed E-state index contributed by atoms with van der Waals surface area (Å²) in [6.07, 6.45) is 5.38. The van der Waals surface area contributed by atoms with Gasteiger partial charge in [0.05, 0.1) is 0 Å². The van der Waals surface area contributed by atoms with E-state index >= 15 is 0 Å². The zero-order valence-corrected chi connectivity index (χ0v) is 9.89. The number of anilines is 1. The molecule has 1 aromatic heterocycles. The van der Waals surface area contributed by atoms with Gasteiger partial charge in [0, 0.05) is 25.3 Å². The quantitative estimate of drug-likeness (QED) is 0.833. The second-order valence-corrected chi connectivity index (χ2v) is 4.28. The lowest BCUT2D eigenvalue weighted by atomic mass is 10.1. The van der Waals surface area contributed by atoms with Gasteiger partial charge in [-0.25, -0.2) is 0 Å². The third-order valence-electron chi connectivity index (χ3n) is 3.03. The molecule has 1 N–H and O–H groups in total. The first-order chi connectivity index (χ1) is 7.92. The van der Waals surface area contributed by atoms with Crippen LogP contribution in [-0.4, -0.2) is 35.9 Å². The molecule has 1 atom stereocenters. The zero-order chi connectivity index (χ0) is 11.2. The van der Waals surface area contributed by atoms with Crippen LogP contribution in [0.25, 0.3) is 0 Å². The van der Waals surface area contributed by atoms with Gasteiger partial charge in [0.1, 0.15) is 0 Å². The number of aromatic nitrogens is 2. The standard InChI is InChI=1S/C12H20N4/c1-2-9-16(11-5-3-7-13-10-11)12-6-4-8-14-15-12/h4,6,8,11,13H,2-3,5,7,9-10H2,1H3. The molecule has 2 rings (SSSR count). The molecule has 4 nitrogen and oxygen atoms in total. The van der Waals surface area contributed by atoms with Crippen LogP contribution in [0.15, 0.2) is 18.3 Å². The number of hydrogen-bond donors (Lipinski definition) is 1. The average molecular weight is 220 g/mol. The highest BCUT2D eigenvalue weighted by molar-refractivity contribution is 5.38. The largest absolute Gasteiger partial charge is 0.351 e. The smallest absolute Gasteiger partial charge is 0.151 e. The van der Waals surface area contributed by atoms with E-state index in [1.54, 1.807) is 6.20 Å². The Balaban J connectivity index is 2.09. The summed E-state index contributed by atoms with van der Waals surface area (Å²) in [6, 6.07) is 4.59. The van der Waals surface area contributed by atoms with Gasteiger partial charge in [0.2, 0.25) is 0 Å². The number of rotatable bonds is 4. The third-order valence-corrected chi connectivity index (χ3v) is 3.03. The van der Waals surface area contributed by atoms with Crippen LogP contribution in [0.2, 0.25) is 0 Å². The van der Waals surface area contributed by atoms with Crippen molar-refractivity contribution in [3.05, 3.63) is 18.3 Å². The van der Waals surface area contributed by atoms with Crippen molar-refractivity contribution < 1.29 is 0 Å². The van der Waals surface area contributed by atoms with Crippen LogP contribution in [0, 0.1) is 0 Å². The molecule has 0 amide bonds.